The van der Waals surface area contributed by atoms with Crippen LogP contribution >= 0.6 is 0 Å². The van der Waals surface area contributed by atoms with Crippen molar-refractivity contribution in [2.24, 2.45) is 5.41 Å². The van der Waals surface area contributed by atoms with Crippen LogP contribution in [0.4, 0.5) is 22.0 Å². The minimum atomic E-state index is -4.52. The highest BCUT2D eigenvalue weighted by atomic mass is 19.4. The Labute approximate surface area is 181 Å². The van der Waals surface area contributed by atoms with Crippen LogP contribution in [0.25, 0.3) is 5.69 Å². The number of aromatic nitrogens is 2. The lowest BCUT2D eigenvalue weighted by Gasteiger charge is -2.28. The number of nitriles is 1. The number of imidazole rings is 1. The lowest BCUT2D eigenvalue weighted by molar-refractivity contribution is -0.211. The minimum absolute atomic E-state index is 0.0292. The summed E-state index contributed by atoms with van der Waals surface area (Å²) in [5.74, 6) is -1.13. The van der Waals surface area contributed by atoms with Gasteiger partial charge in [-0.3, -0.25) is 4.57 Å². The molecule has 32 heavy (non-hydrogen) atoms. The Kier molecular flexibility index (Phi) is 7.49. The van der Waals surface area contributed by atoms with Gasteiger partial charge in [-0.2, -0.15) is 27.2 Å². The number of hydrogen-bond donors (Lipinski definition) is 0. The summed E-state index contributed by atoms with van der Waals surface area (Å²) >= 11 is 0. The maximum atomic E-state index is 13.3. The fourth-order valence-corrected chi connectivity index (χ4v) is 3.06. The van der Waals surface area contributed by atoms with Gasteiger partial charge in [-0.15, -0.1) is 0 Å². The highest BCUT2D eigenvalue weighted by molar-refractivity contribution is 5.90. The molecule has 0 aliphatic heterocycles. The maximum Gasteiger partial charge on any atom is 0.394 e. The number of esters is 1. The molecule has 0 amide bonds. The van der Waals surface area contributed by atoms with Gasteiger partial charge in [0.2, 0.25) is 0 Å². The summed E-state index contributed by atoms with van der Waals surface area (Å²) in [5.41, 5.74) is -2.63. The molecular formula is C21H22F5N3O3. The van der Waals surface area contributed by atoms with Gasteiger partial charge in [-0.05, 0) is 31.0 Å². The summed E-state index contributed by atoms with van der Waals surface area (Å²) in [4.78, 5) is 16.3. The molecule has 2 rings (SSSR count). The fourth-order valence-electron chi connectivity index (χ4n) is 3.06. The SMILES string of the molecule is CCOC(=O)c1nc(CC)n(-c2ccc(CC(C)(C)C(F)(F)F)cc2OC(F)F)c1C#N. The third-order valence-corrected chi connectivity index (χ3v) is 4.73. The molecule has 0 aliphatic carbocycles. The van der Waals surface area contributed by atoms with E-state index in [0.29, 0.717) is 0 Å². The molecular weight excluding hydrogens is 437 g/mol. The molecule has 0 unspecified atom stereocenters. The van der Waals surface area contributed by atoms with Crippen molar-refractivity contribution in [3.8, 4) is 17.5 Å². The number of halogens is 5. The van der Waals surface area contributed by atoms with Gasteiger partial charge >= 0.3 is 18.8 Å². The van der Waals surface area contributed by atoms with Crippen molar-refractivity contribution < 1.29 is 36.2 Å². The molecule has 1 aromatic carbocycles. The Balaban J connectivity index is 2.67. The van der Waals surface area contributed by atoms with Gasteiger partial charge in [0.15, 0.2) is 11.4 Å². The average molecular weight is 459 g/mol. The highest BCUT2D eigenvalue weighted by Crippen LogP contribution is 2.41. The van der Waals surface area contributed by atoms with Crippen LogP contribution in [0.1, 0.15) is 55.3 Å². The van der Waals surface area contributed by atoms with E-state index in [1.807, 2.05) is 6.07 Å². The maximum absolute atomic E-state index is 13.3. The zero-order chi connectivity index (χ0) is 24.3. The summed E-state index contributed by atoms with van der Waals surface area (Å²) in [5, 5.41) is 9.62. The molecule has 0 N–H and O–H groups in total. The number of benzene rings is 1. The molecule has 0 saturated carbocycles. The van der Waals surface area contributed by atoms with Crippen molar-refractivity contribution in [2.75, 3.05) is 6.61 Å². The second-order valence-electron chi connectivity index (χ2n) is 7.49. The first kappa shape index (κ1) is 25.1. The van der Waals surface area contributed by atoms with Crippen molar-refractivity contribution in [3.63, 3.8) is 0 Å². The normalized spacial score (nSPS) is 12.0. The van der Waals surface area contributed by atoms with Crippen LogP contribution in [0.3, 0.4) is 0 Å². The highest BCUT2D eigenvalue weighted by Gasteiger charge is 2.47. The van der Waals surface area contributed by atoms with E-state index >= 15 is 0 Å². The van der Waals surface area contributed by atoms with Crippen molar-refractivity contribution in [1.82, 2.24) is 9.55 Å². The summed E-state index contributed by atoms with van der Waals surface area (Å²) in [6.45, 7) is 1.99. The molecule has 0 fully saturated rings. The van der Waals surface area contributed by atoms with E-state index in [0.717, 1.165) is 19.9 Å². The van der Waals surface area contributed by atoms with E-state index < -0.39 is 36.3 Å². The van der Waals surface area contributed by atoms with Crippen LogP contribution in [0.5, 0.6) is 5.75 Å². The molecule has 0 saturated heterocycles. The Hall–Kier alpha value is -3.16. The Bertz CT molecular complexity index is 1020. The molecule has 0 spiro atoms. The predicted molar refractivity (Wildman–Crippen MR) is 104 cm³/mol. The van der Waals surface area contributed by atoms with E-state index in [-0.39, 0.29) is 41.5 Å². The molecule has 0 bridgehead atoms. The number of aryl methyl sites for hydroxylation is 1. The van der Waals surface area contributed by atoms with Gasteiger partial charge in [-0.25, -0.2) is 9.78 Å². The molecule has 1 heterocycles. The van der Waals surface area contributed by atoms with E-state index in [9.17, 15) is 32.0 Å². The number of ether oxygens (including phenoxy) is 2. The molecule has 0 aliphatic rings. The Morgan fingerprint density at radius 3 is 2.41 bits per heavy atom. The third-order valence-electron chi connectivity index (χ3n) is 4.73. The van der Waals surface area contributed by atoms with Gasteiger partial charge < -0.3 is 9.47 Å². The van der Waals surface area contributed by atoms with Gasteiger partial charge in [0, 0.05) is 6.42 Å². The molecule has 6 nitrogen and oxygen atoms in total. The summed E-state index contributed by atoms with van der Waals surface area (Å²) in [6.07, 6.45) is -4.79. The first-order valence-corrected chi connectivity index (χ1v) is 9.69. The van der Waals surface area contributed by atoms with E-state index in [4.69, 9.17) is 4.74 Å². The van der Waals surface area contributed by atoms with Crippen molar-refractivity contribution in [1.29, 1.82) is 5.26 Å². The average Bonchev–Trinajstić information content (AvgIpc) is 3.05. The van der Waals surface area contributed by atoms with Gasteiger partial charge in [0.25, 0.3) is 0 Å². The minimum Gasteiger partial charge on any atom is -0.461 e. The fraction of sp³-hybridized carbons (Fsp3) is 0.476. The molecule has 1 aromatic heterocycles. The molecule has 0 atom stereocenters. The number of hydrogen-bond acceptors (Lipinski definition) is 5. The van der Waals surface area contributed by atoms with Gasteiger partial charge in [0.05, 0.1) is 17.7 Å². The van der Waals surface area contributed by atoms with Crippen LogP contribution in [0.15, 0.2) is 18.2 Å². The molecule has 2 aromatic rings. The summed E-state index contributed by atoms with van der Waals surface area (Å²) < 4.78 is 76.7. The number of carbonyl (C=O) groups excluding carboxylic acids is 1. The van der Waals surface area contributed by atoms with Crippen molar-refractivity contribution in [2.45, 2.75) is 53.3 Å². The van der Waals surface area contributed by atoms with Crippen LogP contribution < -0.4 is 4.74 Å². The number of carbonyl (C=O) groups is 1. The van der Waals surface area contributed by atoms with E-state index in [1.54, 1.807) is 13.8 Å². The van der Waals surface area contributed by atoms with E-state index in [2.05, 4.69) is 9.72 Å². The lowest BCUT2D eigenvalue weighted by atomic mass is 9.85. The van der Waals surface area contributed by atoms with Crippen LogP contribution in [0, 0.1) is 16.7 Å². The largest absolute Gasteiger partial charge is 0.461 e. The number of rotatable bonds is 8. The smallest absolute Gasteiger partial charge is 0.394 e. The topological polar surface area (TPSA) is 77.1 Å². The quantitative estimate of drug-likeness (QED) is 0.400. The van der Waals surface area contributed by atoms with Crippen LogP contribution in [0.2, 0.25) is 0 Å². The Morgan fingerprint density at radius 1 is 1.25 bits per heavy atom. The zero-order valence-electron chi connectivity index (χ0n) is 17.9. The first-order chi connectivity index (χ1) is 14.9. The van der Waals surface area contributed by atoms with Gasteiger partial charge in [0.1, 0.15) is 17.6 Å². The van der Waals surface area contributed by atoms with Crippen molar-refractivity contribution in [3.05, 3.63) is 41.0 Å². The molecule has 11 heteroatoms. The summed E-state index contributed by atoms with van der Waals surface area (Å²) in [7, 11) is 0. The monoisotopic (exact) mass is 459 g/mol. The van der Waals surface area contributed by atoms with Gasteiger partial charge in [-0.1, -0.05) is 26.8 Å². The molecule has 174 valence electrons. The number of nitrogens with zero attached hydrogens (tertiary/aromatic N) is 3. The second kappa shape index (κ2) is 9.54. The number of alkyl halides is 5. The van der Waals surface area contributed by atoms with E-state index in [1.165, 1.54) is 16.7 Å². The van der Waals surface area contributed by atoms with Crippen molar-refractivity contribution >= 4 is 5.97 Å². The third kappa shape index (κ3) is 5.18. The summed E-state index contributed by atoms with van der Waals surface area (Å²) in [6, 6.07) is 5.47. The van der Waals surface area contributed by atoms with Crippen LogP contribution in [-0.4, -0.2) is 34.9 Å². The lowest BCUT2D eigenvalue weighted by Crippen LogP contribution is -2.34. The second-order valence-corrected chi connectivity index (χ2v) is 7.49. The first-order valence-electron chi connectivity index (χ1n) is 9.69. The Morgan fingerprint density at radius 2 is 1.91 bits per heavy atom. The standard InChI is InChI=1S/C21H22F5N3O3/c1-5-16-28-17(18(30)31-6-2)14(11-27)29(16)13-8-7-12(9-15(13)32-19(22)23)10-20(3,4)21(24,25)26/h7-9,19H,5-6,10H2,1-4H3. The zero-order valence-corrected chi connectivity index (χ0v) is 17.9. The molecule has 0 radical (unpaired) electrons. The van der Waals surface area contributed by atoms with Crippen LogP contribution in [-0.2, 0) is 17.6 Å². The predicted octanol–water partition coefficient (Wildman–Crippen LogP) is 5.22.